The third kappa shape index (κ3) is 2.97. The Morgan fingerprint density at radius 3 is 2.43 bits per heavy atom. The average molecular weight is 311 g/mol. The molecule has 3 aromatic rings. The molecule has 4 heteroatoms. The molecular weight excluding hydrogens is 290 g/mol. The van der Waals surface area contributed by atoms with Gasteiger partial charge in [0.05, 0.1) is 21.3 Å². The van der Waals surface area contributed by atoms with Crippen molar-refractivity contribution in [1.82, 2.24) is 4.98 Å². The monoisotopic (exact) mass is 311 g/mol. The van der Waals surface area contributed by atoms with E-state index in [0.29, 0.717) is 0 Å². The number of rotatable bonds is 6. The van der Waals surface area contributed by atoms with Gasteiger partial charge in [0.15, 0.2) is 11.5 Å². The van der Waals surface area contributed by atoms with E-state index in [4.69, 9.17) is 14.2 Å². The Labute approximate surface area is 136 Å². The molecule has 1 aromatic heterocycles. The van der Waals surface area contributed by atoms with E-state index in [9.17, 15) is 0 Å². The molecule has 1 N–H and O–H groups in total. The summed E-state index contributed by atoms with van der Waals surface area (Å²) in [5.41, 5.74) is 3.53. The average Bonchev–Trinajstić information content (AvgIpc) is 3.01. The van der Waals surface area contributed by atoms with Gasteiger partial charge in [-0.15, -0.1) is 0 Å². The first kappa shape index (κ1) is 15.3. The number of methoxy groups -OCH3 is 3. The smallest absolute Gasteiger partial charge is 0.163 e. The lowest BCUT2D eigenvalue weighted by molar-refractivity contribution is 0.351. The number of para-hydroxylation sites is 1. The van der Waals surface area contributed by atoms with Crippen molar-refractivity contribution in [1.29, 1.82) is 0 Å². The predicted molar refractivity (Wildman–Crippen MR) is 91.8 cm³/mol. The van der Waals surface area contributed by atoms with Crippen LogP contribution in [-0.2, 0) is 12.8 Å². The molecular formula is C19H21NO3. The van der Waals surface area contributed by atoms with E-state index in [1.165, 1.54) is 10.9 Å². The molecule has 1 heterocycles. The Morgan fingerprint density at radius 1 is 0.870 bits per heavy atom. The molecule has 3 rings (SSSR count). The standard InChI is InChI=1S/C19H21NO3/c1-21-15-9-10-16-14(12-20-17(16)11-15)8-7-13-5-4-6-18(22-2)19(13)23-3/h4-6,9-12,20H,7-8H2,1-3H3. The van der Waals surface area contributed by atoms with E-state index in [-0.39, 0.29) is 0 Å². The van der Waals surface area contributed by atoms with Crippen LogP contribution in [0.4, 0.5) is 0 Å². The van der Waals surface area contributed by atoms with Gasteiger partial charge in [-0.2, -0.15) is 0 Å². The first-order valence-corrected chi connectivity index (χ1v) is 7.60. The molecule has 0 aliphatic carbocycles. The first-order valence-electron chi connectivity index (χ1n) is 7.60. The summed E-state index contributed by atoms with van der Waals surface area (Å²) in [7, 11) is 5.02. The van der Waals surface area contributed by atoms with Crippen LogP contribution >= 0.6 is 0 Å². The normalized spacial score (nSPS) is 10.7. The highest BCUT2D eigenvalue weighted by Crippen LogP contribution is 2.32. The van der Waals surface area contributed by atoms with Gasteiger partial charge in [-0.3, -0.25) is 0 Å². The highest BCUT2D eigenvalue weighted by atomic mass is 16.5. The van der Waals surface area contributed by atoms with Crippen molar-refractivity contribution in [3.8, 4) is 17.2 Å². The van der Waals surface area contributed by atoms with Gasteiger partial charge in [0, 0.05) is 23.2 Å². The van der Waals surface area contributed by atoms with Crippen LogP contribution < -0.4 is 14.2 Å². The fourth-order valence-corrected chi connectivity index (χ4v) is 2.92. The second-order valence-corrected chi connectivity index (χ2v) is 5.38. The molecule has 0 saturated heterocycles. The Balaban J connectivity index is 1.84. The number of hydrogen-bond acceptors (Lipinski definition) is 3. The molecule has 0 fully saturated rings. The lowest BCUT2D eigenvalue weighted by Crippen LogP contribution is -1.98. The van der Waals surface area contributed by atoms with Crippen LogP contribution in [0.2, 0.25) is 0 Å². The van der Waals surface area contributed by atoms with Crippen LogP contribution in [0.5, 0.6) is 17.2 Å². The Kier molecular flexibility index (Phi) is 4.42. The summed E-state index contributed by atoms with van der Waals surface area (Å²) >= 11 is 0. The fraction of sp³-hybridized carbons (Fsp3) is 0.263. The minimum atomic E-state index is 0.772. The highest BCUT2D eigenvalue weighted by Gasteiger charge is 2.11. The molecule has 0 aliphatic heterocycles. The Bertz CT molecular complexity index is 807. The Morgan fingerprint density at radius 2 is 1.70 bits per heavy atom. The topological polar surface area (TPSA) is 43.5 Å². The number of ether oxygens (including phenoxy) is 3. The van der Waals surface area contributed by atoms with E-state index >= 15 is 0 Å². The van der Waals surface area contributed by atoms with Crippen LogP contribution in [0.1, 0.15) is 11.1 Å². The molecule has 0 radical (unpaired) electrons. The number of nitrogens with one attached hydrogen (secondary N) is 1. The van der Waals surface area contributed by atoms with E-state index in [2.05, 4.69) is 23.3 Å². The molecule has 4 nitrogen and oxygen atoms in total. The summed E-state index contributed by atoms with van der Waals surface area (Å²) in [5, 5.41) is 1.23. The van der Waals surface area contributed by atoms with Gasteiger partial charge in [-0.05, 0) is 42.2 Å². The van der Waals surface area contributed by atoms with Crippen LogP contribution in [-0.4, -0.2) is 26.3 Å². The van der Waals surface area contributed by atoms with Gasteiger partial charge >= 0.3 is 0 Å². The van der Waals surface area contributed by atoms with Gasteiger partial charge in [-0.25, -0.2) is 0 Å². The maximum absolute atomic E-state index is 5.51. The first-order chi connectivity index (χ1) is 11.3. The molecule has 2 aromatic carbocycles. The quantitative estimate of drug-likeness (QED) is 0.749. The van der Waals surface area contributed by atoms with Gasteiger partial charge < -0.3 is 19.2 Å². The Hall–Kier alpha value is -2.62. The summed E-state index contributed by atoms with van der Waals surface area (Å²) in [6.45, 7) is 0. The van der Waals surface area contributed by atoms with Gasteiger partial charge in [0.1, 0.15) is 5.75 Å². The second kappa shape index (κ2) is 6.65. The van der Waals surface area contributed by atoms with Crippen LogP contribution in [0.15, 0.2) is 42.6 Å². The minimum absolute atomic E-state index is 0.772. The summed E-state index contributed by atoms with van der Waals surface area (Å²) in [6.07, 6.45) is 3.88. The summed E-state index contributed by atoms with van der Waals surface area (Å²) < 4.78 is 16.1. The van der Waals surface area contributed by atoms with Crippen LogP contribution in [0.25, 0.3) is 10.9 Å². The van der Waals surface area contributed by atoms with Crippen molar-refractivity contribution in [2.45, 2.75) is 12.8 Å². The molecule has 0 amide bonds. The van der Waals surface area contributed by atoms with Crippen molar-refractivity contribution < 1.29 is 14.2 Å². The van der Waals surface area contributed by atoms with Crippen molar-refractivity contribution in [2.24, 2.45) is 0 Å². The number of fused-ring (bicyclic) bond motifs is 1. The molecule has 0 saturated carbocycles. The SMILES string of the molecule is COc1ccc2c(CCc3cccc(OC)c3OC)c[nH]c2c1. The van der Waals surface area contributed by atoms with Gasteiger partial charge in [0.2, 0.25) is 0 Å². The second-order valence-electron chi connectivity index (χ2n) is 5.38. The van der Waals surface area contributed by atoms with E-state index < -0.39 is 0 Å². The number of aryl methyl sites for hydroxylation is 2. The zero-order valence-corrected chi connectivity index (χ0v) is 13.7. The van der Waals surface area contributed by atoms with Gasteiger partial charge in [-0.1, -0.05) is 12.1 Å². The minimum Gasteiger partial charge on any atom is -0.497 e. The fourth-order valence-electron chi connectivity index (χ4n) is 2.92. The maximum atomic E-state index is 5.51. The summed E-state index contributed by atoms with van der Waals surface area (Å²) in [4.78, 5) is 3.31. The molecule has 23 heavy (non-hydrogen) atoms. The van der Waals surface area contributed by atoms with E-state index in [1.54, 1.807) is 21.3 Å². The molecule has 0 unspecified atom stereocenters. The largest absolute Gasteiger partial charge is 0.497 e. The summed E-state index contributed by atoms with van der Waals surface area (Å²) in [6, 6.07) is 12.1. The van der Waals surface area contributed by atoms with Crippen LogP contribution in [0.3, 0.4) is 0 Å². The molecule has 0 bridgehead atoms. The lowest BCUT2D eigenvalue weighted by atomic mass is 10.0. The zero-order valence-electron chi connectivity index (χ0n) is 13.7. The lowest BCUT2D eigenvalue weighted by Gasteiger charge is -2.12. The van der Waals surface area contributed by atoms with Crippen molar-refractivity contribution >= 4 is 10.9 Å². The number of aromatic nitrogens is 1. The molecule has 120 valence electrons. The predicted octanol–water partition coefficient (Wildman–Crippen LogP) is 3.98. The zero-order chi connectivity index (χ0) is 16.2. The number of hydrogen-bond donors (Lipinski definition) is 1. The number of H-pyrrole nitrogens is 1. The third-order valence-electron chi connectivity index (χ3n) is 4.12. The van der Waals surface area contributed by atoms with Gasteiger partial charge in [0.25, 0.3) is 0 Å². The highest BCUT2D eigenvalue weighted by molar-refractivity contribution is 5.84. The third-order valence-corrected chi connectivity index (χ3v) is 4.12. The van der Waals surface area contributed by atoms with E-state index in [0.717, 1.165) is 41.2 Å². The van der Waals surface area contributed by atoms with E-state index in [1.807, 2.05) is 24.3 Å². The van der Waals surface area contributed by atoms with Crippen molar-refractivity contribution in [3.05, 3.63) is 53.7 Å². The number of benzene rings is 2. The van der Waals surface area contributed by atoms with Crippen molar-refractivity contribution in [2.75, 3.05) is 21.3 Å². The molecule has 0 aliphatic rings. The molecule has 0 spiro atoms. The molecule has 0 atom stereocenters. The maximum Gasteiger partial charge on any atom is 0.163 e. The number of aromatic amines is 1. The van der Waals surface area contributed by atoms with Crippen molar-refractivity contribution in [3.63, 3.8) is 0 Å². The summed E-state index contributed by atoms with van der Waals surface area (Å²) in [5.74, 6) is 2.45. The van der Waals surface area contributed by atoms with Crippen LogP contribution in [0, 0.1) is 0 Å².